The van der Waals surface area contributed by atoms with E-state index in [1.165, 1.54) is 29.2 Å². The molecule has 0 saturated heterocycles. The van der Waals surface area contributed by atoms with Gasteiger partial charge in [0.2, 0.25) is 16.1 Å². The number of nitrogen functional groups attached to an aromatic ring is 1. The van der Waals surface area contributed by atoms with Crippen LogP contribution >= 0.6 is 39.0 Å². The fourth-order valence-corrected chi connectivity index (χ4v) is 8.23. The predicted octanol–water partition coefficient (Wildman–Crippen LogP) is 7.44. The minimum Gasteiger partial charge on any atom is -0.383 e. The van der Waals surface area contributed by atoms with Gasteiger partial charge < -0.3 is 16.4 Å². The minimum atomic E-state index is -4.64. The Bertz CT molecular complexity index is 1790. The zero-order chi connectivity index (χ0) is 33.4. The summed E-state index contributed by atoms with van der Waals surface area (Å²) in [4.78, 5) is 22.1. The number of nitrogens with two attached hydrogens (primary N) is 1. The van der Waals surface area contributed by atoms with Crippen molar-refractivity contribution in [1.29, 1.82) is 5.41 Å². The maximum absolute atomic E-state index is 13.6. The molecule has 238 valence electrons. The Hall–Kier alpha value is -3.66. The molecule has 0 aliphatic heterocycles. The van der Waals surface area contributed by atoms with Crippen LogP contribution in [0.2, 0.25) is 0 Å². The first-order valence-corrected chi connectivity index (χ1v) is 17.3. The number of anilines is 1. The smallest absolute Gasteiger partial charge is 0.383 e. The van der Waals surface area contributed by atoms with Crippen molar-refractivity contribution in [2.24, 2.45) is 5.73 Å². The highest BCUT2D eigenvalue weighted by molar-refractivity contribution is 9.10. The Balaban J connectivity index is 0.000000838. The Kier molecular flexibility index (Phi) is 12.4. The van der Waals surface area contributed by atoms with Crippen LogP contribution in [-0.2, 0) is 21.1 Å². The van der Waals surface area contributed by atoms with Crippen molar-refractivity contribution in [2.45, 2.75) is 33.5 Å². The lowest BCUT2D eigenvalue weighted by atomic mass is 9.98. The summed E-state index contributed by atoms with van der Waals surface area (Å²) < 4.78 is 60.1. The minimum absolute atomic E-state index is 0.122. The highest BCUT2D eigenvalue weighted by Crippen LogP contribution is 2.39. The first-order valence-electron chi connectivity index (χ1n) is 13.0. The van der Waals surface area contributed by atoms with Gasteiger partial charge in [-0.3, -0.25) is 10.2 Å². The van der Waals surface area contributed by atoms with E-state index in [-0.39, 0.29) is 21.7 Å². The lowest BCUT2D eigenvalue weighted by Crippen LogP contribution is -2.30. The molecule has 0 radical (unpaired) electrons. The number of halogens is 4. The van der Waals surface area contributed by atoms with E-state index < -0.39 is 22.3 Å². The first kappa shape index (κ1) is 35.8. The summed E-state index contributed by atoms with van der Waals surface area (Å²) in [5.74, 6) is -0.170. The molecule has 2 amide bonds. The molecule has 5 N–H and O–H groups in total. The number of hydrogen-bond acceptors (Lipinski definition) is 7. The average Bonchev–Trinajstić information content (AvgIpc) is 3.45. The second-order valence-corrected chi connectivity index (χ2v) is 14.3. The molecule has 4 aromatic rings. The maximum Gasteiger partial charge on any atom is 0.446 e. The van der Waals surface area contributed by atoms with Gasteiger partial charge in [0, 0.05) is 16.6 Å². The van der Waals surface area contributed by atoms with Crippen molar-refractivity contribution < 1.29 is 31.2 Å². The van der Waals surface area contributed by atoms with Crippen LogP contribution in [0, 0.1) is 12.3 Å². The number of amidine groups is 1. The normalized spacial score (nSPS) is 11.2. The van der Waals surface area contributed by atoms with Crippen molar-refractivity contribution in [3.05, 3.63) is 93.3 Å². The summed E-state index contributed by atoms with van der Waals surface area (Å²) in [6.07, 6.45) is -3.22. The molecular formula is C30H28BrF3N4O4S3. The number of alkyl halides is 3. The number of nitrogens with one attached hydrogen (secondary N) is 3. The lowest BCUT2D eigenvalue weighted by molar-refractivity contribution is -0.156. The van der Waals surface area contributed by atoms with Crippen LogP contribution in [-0.4, -0.2) is 45.5 Å². The second kappa shape index (κ2) is 15.6. The van der Waals surface area contributed by atoms with Gasteiger partial charge in [0.05, 0.1) is 24.6 Å². The number of carbonyl (C=O) groups is 2. The standard InChI is InChI=1S/C28H27BrN4O3S3.C2HF3O/c1-17-5-3-8-22(33-28(34)32-14-13-18-9-11-20(29)12-10-18)25(17)19-6-4-7-21(15-19)39(35,36)24-16-23(26(30)31)38-27(24)37-2;3-2(4,5)1-6/h3-12,15-16H,13-14H2,1-2H3,(H3,30,31)(H2,32,33,34);1H. The van der Waals surface area contributed by atoms with Crippen molar-refractivity contribution in [3.63, 3.8) is 0 Å². The third kappa shape index (κ3) is 9.91. The summed E-state index contributed by atoms with van der Waals surface area (Å²) in [7, 11) is -3.88. The maximum atomic E-state index is 13.6. The molecule has 0 spiro atoms. The van der Waals surface area contributed by atoms with Crippen molar-refractivity contribution in [1.82, 2.24) is 5.32 Å². The van der Waals surface area contributed by atoms with Crippen molar-refractivity contribution >= 4 is 72.7 Å². The van der Waals surface area contributed by atoms with Crippen LogP contribution in [0.1, 0.15) is 16.0 Å². The molecule has 0 aliphatic carbocycles. The summed E-state index contributed by atoms with van der Waals surface area (Å²) in [5.41, 5.74) is 9.58. The van der Waals surface area contributed by atoms with E-state index in [1.54, 1.807) is 30.5 Å². The molecule has 0 unspecified atom stereocenters. The molecule has 4 rings (SSSR count). The van der Waals surface area contributed by atoms with Crippen molar-refractivity contribution in [3.8, 4) is 11.1 Å². The highest BCUT2D eigenvalue weighted by Gasteiger charge is 2.26. The largest absolute Gasteiger partial charge is 0.446 e. The Morgan fingerprint density at radius 1 is 1.09 bits per heavy atom. The molecular weight excluding hydrogens is 713 g/mol. The first-order chi connectivity index (χ1) is 21.2. The van der Waals surface area contributed by atoms with E-state index >= 15 is 0 Å². The van der Waals surface area contributed by atoms with E-state index in [0.29, 0.717) is 33.3 Å². The third-order valence-corrected chi connectivity index (χ3v) is 11.0. The van der Waals surface area contributed by atoms with Gasteiger partial charge in [0.25, 0.3) is 0 Å². The fourth-order valence-electron chi connectivity index (χ4n) is 4.06. The van der Waals surface area contributed by atoms with Gasteiger partial charge in [-0.1, -0.05) is 52.3 Å². The van der Waals surface area contributed by atoms with Crippen LogP contribution in [0.15, 0.2) is 91.3 Å². The third-order valence-electron chi connectivity index (χ3n) is 6.11. The number of rotatable bonds is 9. The summed E-state index contributed by atoms with van der Waals surface area (Å²) in [6.45, 7) is 2.37. The van der Waals surface area contributed by atoms with Crippen LogP contribution in [0.5, 0.6) is 0 Å². The SMILES string of the molecule is CSc1sc(C(=N)N)cc1S(=O)(=O)c1cccc(-c2c(C)cccc2NC(=O)NCCc2ccc(Br)cc2)c1.O=CC(F)(F)F. The van der Waals surface area contributed by atoms with Gasteiger partial charge in [-0.25, -0.2) is 13.2 Å². The summed E-state index contributed by atoms with van der Waals surface area (Å²) in [5, 5.41) is 13.5. The molecule has 8 nitrogen and oxygen atoms in total. The number of hydrogen-bond donors (Lipinski definition) is 4. The number of aryl methyl sites for hydroxylation is 1. The number of aldehydes is 1. The molecule has 0 aliphatic rings. The average molecular weight is 742 g/mol. The molecule has 0 atom stereocenters. The van der Waals surface area contributed by atoms with Crippen LogP contribution < -0.4 is 16.4 Å². The molecule has 1 heterocycles. The molecule has 15 heteroatoms. The van der Waals surface area contributed by atoms with Gasteiger partial charge in [0.15, 0.2) is 0 Å². The second-order valence-electron chi connectivity index (χ2n) is 9.33. The Labute approximate surface area is 275 Å². The van der Waals surface area contributed by atoms with E-state index in [2.05, 4.69) is 26.6 Å². The molecule has 1 aromatic heterocycles. The number of urea groups is 1. The van der Waals surface area contributed by atoms with Gasteiger partial charge in [-0.2, -0.15) is 13.2 Å². The predicted molar refractivity (Wildman–Crippen MR) is 176 cm³/mol. The molecule has 3 aromatic carbocycles. The van der Waals surface area contributed by atoms with Crippen LogP contribution in [0.3, 0.4) is 0 Å². The Morgan fingerprint density at radius 3 is 2.33 bits per heavy atom. The molecule has 0 fully saturated rings. The van der Waals surface area contributed by atoms with Gasteiger partial charge in [0.1, 0.15) is 5.84 Å². The molecule has 45 heavy (non-hydrogen) atoms. The number of amides is 2. The van der Waals surface area contributed by atoms with E-state index in [9.17, 15) is 26.4 Å². The number of benzene rings is 3. The monoisotopic (exact) mass is 740 g/mol. The van der Waals surface area contributed by atoms with E-state index in [4.69, 9.17) is 15.9 Å². The summed E-state index contributed by atoms with van der Waals surface area (Å²) in [6, 6.07) is 21.3. The lowest BCUT2D eigenvalue weighted by Gasteiger charge is -2.16. The van der Waals surface area contributed by atoms with Gasteiger partial charge in [-0.05, 0) is 72.7 Å². The van der Waals surface area contributed by atoms with Gasteiger partial charge >= 0.3 is 12.2 Å². The fraction of sp³-hybridized carbons (Fsp3) is 0.167. The number of thiophene rings is 1. The molecule has 0 bridgehead atoms. The summed E-state index contributed by atoms with van der Waals surface area (Å²) >= 11 is 5.91. The topological polar surface area (TPSA) is 142 Å². The number of sulfone groups is 1. The quantitative estimate of drug-likeness (QED) is 0.0609. The zero-order valence-electron chi connectivity index (χ0n) is 23.9. The van der Waals surface area contributed by atoms with Crippen LogP contribution in [0.4, 0.5) is 23.7 Å². The van der Waals surface area contributed by atoms with Gasteiger partial charge in [-0.15, -0.1) is 23.1 Å². The van der Waals surface area contributed by atoms with E-state index in [1.807, 2.05) is 49.4 Å². The zero-order valence-corrected chi connectivity index (χ0v) is 27.9. The van der Waals surface area contributed by atoms with E-state index in [0.717, 1.165) is 21.2 Å². The number of carbonyl (C=O) groups excluding carboxylic acids is 2. The van der Waals surface area contributed by atoms with Crippen molar-refractivity contribution in [2.75, 3.05) is 18.1 Å². The Morgan fingerprint density at radius 2 is 1.73 bits per heavy atom. The molecule has 0 saturated carbocycles. The number of thioether (sulfide) groups is 1. The van der Waals surface area contributed by atoms with Crippen LogP contribution in [0.25, 0.3) is 11.1 Å². The highest BCUT2D eigenvalue weighted by atomic mass is 79.9.